The van der Waals surface area contributed by atoms with Gasteiger partial charge in [0.1, 0.15) is 13.2 Å². The van der Waals surface area contributed by atoms with Crippen molar-refractivity contribution in [2.75, 3.05) is 5.32 Å². The highest BCUT2D eigenvalue weighted by molar-refractivity contribution is 6.12. The number of hydrogen-bond donors (Lipinski definition) is 3. The highest BCUT2D eigenvalue weighted by Gasteiger charge is 2.16. The van der Waals surface area contributed by atoms with Gasteiger partial charge >= 0.3 is 11.9 Å². The zero-order valence-electron chi connectivity index (χ0n) is 16.5. The topological polar surface area (TPSA) is 105 Å². The molecule has 0 saturated carbocycles. The van der Waals surface area contributed by atoms with E-state index in [0.717, 1.165) is 17.3 Å². The van der Waals surface area contributed by atoms with Crippen LogP contribution in [0.15, 0.2) is 90.6 Å². The first-order valence-corrected chi connectivity index (χ1v) is 9.43. The maximum absolute atomic E-state index is 11.0. The average Bonchev–Trinajstić information content (AvgIpc) is 2.78. The summed E-state index contributed by atoms with van der Waals surface area (Å²) in [5, 5.41) is 20.6. The number of aliphatic carboxylic acids is 2. The van der Waals surface area contributed by atoms with E-state index in [2.05, 4.69) is 5.32 Å². The van der Waals surface area contributed by atoms with Crippen molar-refractivity contribution in [2.45, 2.75) is 13.2 Å². The van der Waals surface area contributed by atoms with Gasteiger partial charge in [0.25, 0.3) is 0 Å². The third-order valence-corrected chi connectivity index (χ3v) is 4.26. The van der Waals surface area contributed by atoms with E-state index < -0.39 is 17.5 Å². The maximum Gasteiger partial charge on any atom is 0.344 e. The fraction of sp³-hybridized carbons (Fsp3) is 0.0833. The van der Waals surface area contributed by atoms with Gasteiger partial charge in [0, 0.05) is 18.0 Å². The van der Waals surface area contributed by atoms with Crippen molar-refractivity contribution in [1.29, 1.82) is 0 Å². The number of benzene rings is 3. The molecule has 3 rings (SSSR count). The Bertz CT molecular complexity index is 1050. The van der Waals surface area contributed by atoms with Crippen molar-refractivity contribution < 1.29 is 29.3 Å². The number of carboxylic acid groups (broad SMARTS) is 2. The molecule has 0 amide bonds. The van der Waals surface area contributed by atoms with Crippen molar-refractivity contribution >= 4 is 17.6 Å². The van der Waals surface area contributed by atoms with Crippen LogP contribution in [0.2, 0.25) is 0 Å². The molecular formula is C24H21NO6. The highest BCUT2D eigenvalue weighted by Crippen LogP contribution is 2.32. The molecule has 0 aliphatic heterocycles. The van der Waals surface area contributed by atoms with Gasteiger partial charge in [-0.05, 0) is 23.3 Å². The van der Waals surface area contributed by atoms with E-state index in [1.807, 2.05) is 60.7 Å². The monoisotopic (exact) mass is 419 g/mol. The number of carboxylic acids is 2. The summed E-state index contributed by atoms with van der Waals surface area (Å²) in [6.45, 7) is 0.648. The van der Waals surface area contributed by atoms with Crippen LogP contribution in [0.3, 0.4) is 0 Å². The molecule has 0 heterocycles. The van der Waals surface area contributed by atoms with Crippen LogP contribution in [0, 0.1) is 0 Å². The van der Waals surface area contributed by atoms with Gasteiger partial charge in [-0.1, -0.05) is 60.7 Å². The molecule has 0 bridgehead atoms. The summed E-state index contributed by atoms with van der Waals surface area (Å²) < 4.78 is 11.8. The lowest BCUT2D eigenvalue weighted by Gasteiger charge is -2.15. The second-order valence-electron chi connectivity index (χ2n) is 6.52. The standard InChI is InChI=1S/C24H21NO6/c26-23(27)20(24(28)29)14-25-19-11-12-21(30-15-17-7-3-1-4-8-17)22(13-19)31-16-18-9-5-2-6-10-18/h1-14,25H,15-16H2,(H,26,27)(H,28,29). The normalized spacial score (nSPS) is 10.1. The van der Waals surface area contributed by atoms with E-state index in [4.69, 9.17) is 19.7 Å². The molecule has 0 fully saturated rings. The third kappa shape index (κ3) is 6.37. The molecule has 0 aliphatic rings. The van der Waals surface area contributed by atoms with Crippen molar-refractivity contribution in [3.8, 4) is 11.5 Å². The summed E-state index contributed by atoms with van der Waals surface area (Å²) in [7, 11) is 0. The molecule has 7 nitrogen and oxygen atoms in total. The molecule has 0 spiro atoms. The molecule has 0 atom stereocenters. The fourth-order valence-electron chi connectivity index (χ4n) is 2.67. The predicted molar refractivity (Wildman–Crippen MR) is 115 cm³/mol. The zero-order valence-corrected chi connectivity index (χ0v) is 16.5. The van der Waals surface area contributed by atoms with Gasteiger partial charge in [-0.2, -0.15) is 0 Å². The van der Waals surface area contributed by atoms with Gasteiger partial charge in [-0.15, -0.1) is 0 Å². The predicted octanol–water partition coefficient (Wildman–Crippen LogP) is 4.31. The van der Waals surface area contributed by atoms with E-state index in [-0.39, 0.29) is 0 Å². The van der Waals surface area contributed by atoms with E-state index in [0.29, 0.717) is 30.4 Å². The fourth-order valence-corrected chi connectivity index (χ4v) is 2.67. The molecule has 3 aromatic rings. The average molecular weight is 419 g/mol. The summed E-state index contributed by atoms with van der Waals surface area (Å²) in [6, 6.07) is 24.2. The highest BCUT2D eigenvalue weighted by atomic mass is 16.5. The molecular weight excluding hydrogens is 398 g/mol. The molecule has 3 aromatic carbocycles. The first kappa shape index (κ1) is 21.4. The quantitative estimate of drug-likeness (QED) is 0.255. The van der Waals surface area contributed by atoms with E-state index in [9.17, 15) is 9.59 Å². The number of anilines is 1. The Labute approximate surface area is 179 Å². The zero-order chi connectivity index (χ0) is 22.1. The van der Waals surface area contributed by atoms with Crippen molar-refractivity contribution in [1.82, 2.24) is 0 Å². The third-order valence-electron chi connectivity index (χ3n) is 4.26. The molecule has 0 aliphatic carbocycles. The molecule has 0 unspecified atom stereocenters. The number of carbonyl (C=O) groups is 2. The maximum atomic E-state index is 11.0. The number of ether oxygens (including phenoxy) is 2. The van der Waals surface area contributed by atoms with Crippen LogP contribution in [0.25, 0.3) is 0 Å². The number of nitrogens with one attached hydrogen (secondary N) is 1. The Kier molecular flexibility index (Phi) is 7.26. The minimum absolute atomic E-state index is 0.303. The van der Waals surface area contributed by atoms with Crippen LogP contribution >= 0.6 is 0 Å². The Morgan fingerprint density at radius 1 is 0.742 bits per heavy atom. The second-order valence-corrected chi connectivity index (χ2v) is 6.52. The Morgan fingerprint density at radius 2 is 1.26 bits per heavy atom. The van der Waals surface area contributed by atoms with E-state index >= 15 is 0 Å². The minimum Gasteiger partial charge on any atom is -0.485 e. The summed E-state index contributed by atoms with van der Waals surface area (Å²) >= 11 is 0. The lowest BCUT2D eigenvalue weighted by molar-refractivity contribution is -0.140. The first-order valence-electron chi connectivity index (χ1n) is 9.43. The van der Waals surface area contributed by atoms with Gasteiger partial charge in [0.05, 0.1) is 0 Å². The molecule has 3 N–H and O–H groups in total. The van der Waals surface area contributed by atoms with Gasteiger partial charge in [0.2, 0.25) is 0 Å². The molecule has 158 valence electrons. The van der Waals surface area contributed by atoms with Gasteiger partial charge < -0.3 is 25.0 Å². The lowest BCUT2D eigenvalue weighted by Crippen LogP contribution is -2.12. The van der Waals surface area contributed by atoms with Crippen LogP contribution in [-0.2, 0) is 22.8 Å². The van der Waals surface area contributed by atoms with Crippen molar-refractivity contribution in [3.63, 3.8) is 0 Å². The lowest BCUT2D eigenvalue weighted by atomic mass is 10.2. The molecule has 0 aromatic heterocycles. The van der Waals surface area contributed by atoms with E-state index in [1.165, 1.54) is 0 Å². The number of hydrogen-bond acceptors (Lipinski definition) is 5. The van der Waals surface area contributed by atoms with Crippen molar-refractivity contribution in [2.24, 2.45) is 0 Å². The smallest absolute Gasteiger partial charge is 0.344 e. The number of rotatable bonds is 10. The van der Waals surface area contributed by atoms with Crippen LogP contribution in [0.1, 0.15) is 11.1 Å². The summed E-state index contributed by atoms with van der Waals surface area (Å²) in [5.41, 5.74) is 1.63. The van der Waals surface area contributed by atoms with Crippen LogP contribution in [0.4, 0.5) is 5.69 Å². The van der Waals surface area contributed by atoms with Gasteiger partial charge in [-0.25, -0.2) is 9.59 Å². The molecule has 31 heavy (non-hydrogen) atoms. The second kappa shape index (κ2) is 10.5. The Morgan fingerprint density at radius 3 is 1.77 bits per heavy atom. The first-order chi connectivity index (χ1) is 15.0. The molecule has 0 radical (unpaired) electrons. The molecule has 7 heteroatoms. The Hall–Kier alpha value is -4.26. The summed E-state index contributed by atoms with van der Waals surface area (Å²) in [5.74, 6) is -2.14. The SMILES string of the molecule is O=C(O)C(=CNc1ccc(OCc2ccccc2)c(OCc2ccccc2)c1)C(=O)O. The summed E-state index contributed by atoms with van der Waals surface area (Å²) in [6.07, 6.45) is 0.922. The van der Waals surface area contributed by atoms with Crippen LogP contribution < -0.4 is 14.8 Å². The van der Waals surface area contributed by atoms with Gasteiger partial charge in [0.15, 0.2) is 17.1 Å². The molecule has 0 saturated heterocycles. The minimum atomic E-state index is -1.54. The van der Waals surface area contributed by atoms with Gasteiger partial charge in [-0.3, -0.25) is 0 Å². The largest absolute Gasteiger partial charge is 0.485 e. The summed E-state index contributed by atoms with van der Waals surface area (Å²) in [4.78, 5) is 22.1. The van der Waals surface area contributed by atoms with Crippen LogP contribution in [0.5, 0.6) is 11.5 Å². The van der Waals surface area contributed by atoms with Crippen molar-refractivity contribution in [3.05, 3.63) is 102 Å². The van der Waals surface area contributed by atoms with Crippen LogP contribution in [-0.4, -0.2) is 22.2 Å². The Balaban J connectivity index is 1.80. The van der Waals surface area contributed by atoms with E-state index in [1.54, 1.807) is 18.2 Å².